The van der Waals surface area contributed by atoms with E-state index in [4.69, 9.17) is 4.74 Å². The predicted molar refractivity (Wildman–Crippen MR) is 72.0 cm³/mol. The lowest BCUT2D eigenvalue weighted by atomic mass is 9.98. The van der Waals surface area contributed by atoms with Crippen molar-refractivity contribution in [2.75, 3.05) is 19.8 Å². The van der Waals surface area contributed by atoms with Crippen LogP contribution in [0.3, 0.4) is 0 Å². The zero-order valence-electron chi connectivity index (χ0n) is 11.1. The van der Waals surface area contributed by atoms with Crippen LogP contribution in [0, 0.1) is 0 Å². The van der Waals surface area contributed by atoms with E-state index in [0.29, 0.717) is 19.1 Å². The smallest absolute Gasteiger partial charge is 0.261 e. The Bertz CT molecular complexity index is 398. The van der Waals surface area contributed by atoms with E-state index in [0.717, 1.165) is 30.8 Å². The van der Waals surface area contributed by atoms with Crippen LogP contribution in [-0.2, 0) is 17.6 Å². The number of rotatable bonds is 7. The molecule has 0 saturated heterocycles. The third kappa shape index (κ3) is 4.19. The van der Waals surface area contributed by atoms with Gasteiger partial charge in [-0.2, -0.15) is 0 Å². The Hall–Kier alpha value is -0.590. The monoisotopic (exact) mass is 290 g/mol. The first-order valence-electron chi connectivity index (χ1n) is 6.78. The van der Waals surface area contributed by atoms with Crippen molar-refractivity contribution in [3.63, 3.8) is 0 Å². The Morgan fingerprint density at radius 2 is 2.37 bits per heavy atom. The molecule has 2 rings (SSSR count). The Kier molecular flexibility index (Phi) is 5.66. The molecule has 1 aliphatic rings. The summed E-state index contributed by atoms with van der Waals surface area (Å²) < 4.78 is 28.8. The van der Waals surface area contributed by atoms with Crippen molar-refractivity contribution in [3.05, 3.63) is 15.6 Å². The first kappa shape index (κ1) is 14.8. The van der Waals surface area contributed by atoms with E-state index in [1.54, 1.807) is 11.3 Å². The van der Waals surface area contributed by atoms with Crippen LogP contribution in [0.15, 0.2) is 0 Å². The summed E-state index contributed by atoms with van der Waals surface area (Å²) in [6.45, 7) is 2.90. The van der Waals surface area contributed by atoms with Gasteiger partial charge >= 0.3 is 0 Å². The first-order valence-corrected chi connectivity index (χ1v) is 7.60. The molecule has 0 radical (unpaired) electrons. The largest absolute Gasteiger partial charge is 0.375 e. The highest BCUT2D eigenvalue weighted by Gasteiger charge is 2.23. The molecule has 1 aromatic heterocycles. The van der Waals surface area contributed by atoms with Gasteiger partial charge in [0.05, 0.1) is 17.3 Å². The summed E-state index contributed by atoms with van der Waals surface area (Å²) in [5, 5.41) is 4.48. The molecule has 1 N–H and O–H groups in total. The fourth-order valence-electron chi connectivity index (χ4n) is 2.35. The number of fused-ring (bicyclic) bond motifs is 1. The first-order chi connectivity index (χ1) is 9.20. The molecule has 0 aliphatic heterocycles. The molecule has 6 heteroatoms. The maximum atomic E-state index is 11.9. The summed E-state index contributed by atoms with van der Waals surface area (Å²) in [5.74, 6) is 0. The molecule has 3 nitrogen and oxygen atoms in total. The second kappa shape index (κ2) is 7.26. The molecule has 0 fully saturated rings. The van der Waals surface area contributed by atoms with Gasteiger partial charge in [0.25, 0.3) is 6.43 Å². The van der Waals surface area contributed by atoms with Crippen LogP contribution in [0.2, 0.25) is 0 Å². The summed E-state index contributed by atoms with van der Waals surface area (Å²) in [6, 6.07) is 0.419. The SMILES string of the molecule is CCNC1CCCc2nc(CCOCC(F)F)sc21. The van der Waals surface area contributed by atoms with E-state index in [1.165, 1.54) is 10.6 Å². The summed E-state index contributed by atoms with van der Waals surface area (Å²) >= 11 is 1.70. The van der Waals surface area contributed by atoms with Gasteiger partial charge in [0.2, 0.25) is 0 Å². The zero-order chi connectivity index (χ0) is 13.7. The molecular weight excluding hydrogens is 270 g/mol. The highest BCUT2D eigenvalue weighted by Crippen LogP contribution is 2.34. The number of aromatic nitrogens is 1. The number of nitrogens with zero attached hydrogens (tertiary/aromatic N) is 1. The molecule has 1 atom stereocenters. The van der Waals surface area contributed by atoms with Crippen molar-refractivity contribution >= 4 is 11.3 Å². The highest BCUT2D eigenvalue weighted by atomic mass is 32.1. The van der Waals surface area contributed by atoms with Gasteiger partial charge in [-0.05, 0) is 25.8 Å². The van der Waals surface area contributed by atoms with Gasteiger partial charge in [-0.15, -0.1) is 11.3 Å². The molecule has 0 saturated carbocycles. The zero-order valence-corrected chi connectivity index (χ0v) is 11.9. The molecule has 1 heterocycles. The average molecular weight is 290 g/mol. The van der Waals surface area contributed by atoms with Crippen molar-refractivity contribution in [2.45, 2.75) is 45.1 Å². The van der Waals surface area contributed by atoms with E-state index >= 15 is 0 Å². The number of hydrogen-bond donors (Lipinski definition) is 1. The van der Waals surface area contributed by atoms with Crippen LogP contribution in [0.4, 0.5) is 8.78 Å². The molecule has 0 amide bonds. The molecule has 0 spiro atoms. The van der Waals surface area contributed by atoms with Crippen LogP contribution in [0.5, 0.6) is 0 Å². The molecule has 1 aliphatic carbocycles. The third-order valence-corrected chi connectivity index (χ3v) is 4.42. The number of nitrogens with one attached hydrogen (secondary N) is 1. The minimum absolute atomic E-state index is 0.322. The van der Waals surface area contributed by atoms with Crippen LogP contribution in [-0.4, -0.2) is 31.2 Å². The lowest BCUT2D eigenvalue weighted by Crippen LogP contribution is -2.23. The molecule has 0 bridgehead atoms. The van der Waals surface area contributed by atoms with Crippen LogP contribution in [0.25, 0.3) is 0 Å². The predicted octanol–water partition coefficient (Wildman–Crippen LogP) is 2.95. The average Bonchev–Trinajstić information content (AvgIpc) is 2.79. The maximum absolute atomic E-state index is 11.9. The number of thiazole rings is 1. The molecule has 1 unspecified atom stereocenters. The fourth-order valence-corrected chi connectivity index (χ4v) is 3.55. The van der Waals surface area contributed by atoms with E-state index in [-0.39, 0.29) is 0 Å². The van der Waals surface area contributed by atoms with Crippen LogP contribution < -0.4 is 5.32 Å². The standard InChI is InChI=1S/C13H20F2N2OS/c1-2-16-9-4-3-5-10-13(9)19-12(17-10)6-7-18-8-11(14)15/h9,11,16H,2-8H2,1H3. The van der Waals surface area contributed by atoms with Crippen LogP contribution >= 0.6 is 11.3 Å². The van der Waals surface area contributed by atoms with Gasteiger partial charge < -0.3 is 10.1 Å². The number of ether oxygens (including phenoxy) is 1. The molecule has 0 aromatic carbocycles. The van der Waals surface area contributed by atoms with E-state index in [1.807, 2.05) is 0 Å². The van der Waals surface area contributed by atoms with Gasteiger partial charge in [-0.1, -0.05) is 6.92 Å². The summed E-state index contributed by atoms with van der Waals surface area (Å²) in [6.07, 6.45) is 1.59. The molecule has 108 valence electrons. The second-order valence-corrected chi connectivity index (χ2v) is 5.75. The number of alkyl halides is 2. The van der Waals surface area contributed by atoms with Gasteiger partial charge in [0.1, 0.15) is 6.61 Å². The molecular formula is C13H20F2N2OS. The molecule has 19 heavy (non-hydrogen) atoms. The molecule has 1 aromatic rings. The second-order valence-electron chi connectivity index (χ2n) is 4.64. The van der Waals surface area contributed by atoms with E-state index in [9.17, 15) is 8.78 Å². The van der Waals surface area contributed by atoms with Crippen molar-refractivity contribution in [1.82, 2.24) is 10.3 Å². The minimum atomic E-state index is -2.39. The van der Waals surface area contributed by atoms with E-state index in [2.05, 4.69) is 17.2 Å². The lowest BCUT2D eigenvalue weighted by Gasteiger charge is -2.21. The van der Waals surface area contributed by atoms with Gasteiger partial charge in [-0.25, -0.2) is 13.8 Å². The quantitative estimate of drug-likeness (QED) is 0.784. The Labute approximate surface area is 116 Å². The van der Waals surface area contributed by atoms with Crippen LogP contribution in [0.1, 0.15) is 41.4 Å². The minimum Gasteiger partial charge on any atom is -0.375 e. The van der Waals surface area contributed by atoms with Gasteiger partial charge in [0, 0.05) is 17.3 Å². The maximum Gasteiger partial charge on any atom is 0.261 e. The summed E-state index contributed by atoms with van der Waals surface area (Å²) in [5.41, 5.74) is 1.19. The lowest BCUT2D eigenvalue weighted by molar-refractivity contribution is 0.0187. The summed E-state index contributed by atoms with van der Waals surface area (Å²) in [7, 11) is 0. The Balaban J connectivity index is 1.89. The van der Waals surface area contributed by atoms with Crippen molar-refractivity contribution in [2.24, 2.45) is 0 Å². The fraction of sp³-hybridized carbons (Fsp3) is 0.769. The number of halogens is 2. The van der Waals surface area contributed by atoms with Gasteiger partial charge in [0.15, 0.2) is 0 Å². The third-order valence-electron chi connectivity index (χ3n) is 3.15. The Morgan fingerprint density at radius 1 is 1.53 bits per heavy atom. The number of aryl methyl sites for hydroxylation is 1. The Morgan fingerprint density at radius 3 is 3.11 bits per heavy atom. The van der Waals surface area contributed by atoms with Crippen molar-refractivity contribution < 1.29 is 13.5 Å². The topological polar surface area (TPSA) is 34.2 Å². The highest BCUT2D eigenvalue weighted by molar-refractivity contribution is 7.11. The van der Waals surface area contributed by atoms with Crippen molar-refractivity contribution in [3.8, 4) is 0 Å². The number of hydrogen-bond acceptors (Lipinski definition) is 4. The summed E-state index contributed by atoms with van der Waals surface area (Å²) in [4.78, 5) is 5.94. The van der Waals surface area contributed by atoms with E-state index < -0.39 is 13.0 Å². The van der Waals surface area contributed by atoms with Gasteiger partial charge in [-0.3, -0.25) is 0 Å². The van der Waals surface area contributed by atoms with Crippen molar-refractivity contribution in [1.29, 1.82) is 0 Å². The normalized spacial score (nSPS) is 18.8.